The van der Waals surface area contributed by atoms with Gasteiger partial charge in [-0.3, -0.25) is 4.98 Å². The number of fused-ring (bicyclic) bond motifs is 1. The fourth-order valence-corrected chi connectivity index (χ4v) is 2.91. The molecule has 0 aromatic carbocycles. The second kappa shape index (κ2) is 7.85. The maximum atomic E-state index is 4.39. The minimum absolute atomic E-state index is 0. The lowest BCUT2D eigenvalue weighted by Crippen LogP contribution is -2.32. The van der Waals surface area contributed by atoms with Crippen molar-refractivity contribution in [1.29, 1.82) is 0 Å². The number of nitrogens with zero attached hydrogens (tertiary/aromatic N) is 6. The molecule has 1 N–H and O–H groups in total. The molecule has 0 aliphatic carbocycles. The number of halogens is 1. The molecular formula is C17H18ClN7. The summed E-state index contributed by atoms with van der Waals surface area (Å²) in [6.07, 6.45) is 11.8. The molecule has 0 bridgehead atoms. The Morgan fingerprint density at radius 2 is 1.68 bits per heavy atom. The Labute approximate surface area is 152 Å². The Kier molecular flexibility index (Phi) is 5.35. The van der Waals surface area contributed by atoms with Gasteiger partial charge in [-0.25, -0.2) is 19.9 Å². The highest BCUT2D eigenvalue weighted by Crippen LogP contribution is 2.24. The summed E-state index contributed by atoms with van der Waals surface area (Å²) >= 11 is 0. The molecule has 0 unspecified atom stereocenters. The average molecular weight is 356 g/mol. The minimum atomic E-state index is 0. The molecule has 3 aromatic heterocycles. The van der Waals surface area contributed by atoms with Crippen molar-refractivity contribution in [3.63, 3.8) is 0 Å². The third kappa shape index (κ3) is 3.83. The van der Waals surface area contributed by atoms with E-state index >= 15 is 0 Å². The van der Waals surface area contributed by atoms with Gasteiger partial charge in [-0.2, -0.15) is 0 Å². The molecule has 0 spiro atoms. The van der Waals surface area contributed by atoms with Crippen LogP contribution in [-0.2, 0) is 19.5 Å². The molecule has 0 saturated carbocycles. The molecule has 3 aromatic rings. The molecule has 1 aliphatic rings. The van der Waals surface area contributed by atoms with E-state index in [1.165, 1.54) is 16.7 Å². The molecule has 0 radical (unpaired) electrons. The molecule has 128 valence electrons. The van der Waals surface area contributed by atoms with Crippen molar-refractivity contribution in [1.82, 2.24) is 24.9 Å². The van der Waals surface area contributed by atoms with Gasteiger partial charge >= 0.3 is 0 Å². The maximum absolute atomic E-state index is 4.39. The molecule has 7 nitrogen and oxygen atoms in total. The van der Waals surface area contributed by atoms with Gasteiger partial charge in [0.1, 0.15) is 0 Å². The average Bonchev–Trinajstić information content (AvgIpc) is 2.67. The van der Waals surface area contributed by atoms with Gasteiger partial charge in [0.2, 0.25) is 11.9 Å². The van der Waals surface area contributed by atoms with Crippen LogP contribution in [0.3, 0.4) is 0 Å². The lowest BCUT2D eigenvalue weighted by atomic mass is 9.97. The Hall–Kier alpha value is -2.80. The van der Waals surface area contributed by atoms with Gasteiger partial charge in [-0.05, 0) is 35.2 Å². The number of anilines is 2. The zero-order chi connectivity index (χ0) is 16.2. The number of pyridine rings is 1. The van der Waals surface area contributed by atoms with E-state index < -0.39 is 0 Å². The van der Waals surface area contributed by atoms with Crippen LogP contribution in [0.15, 0.2) is 49.3 Å². The van der Waals surface area contributed by atoms with E-state index in [0.29, 0.717) is 12.5 Å². The lowest BCUT2D eigenvalue weighted by Gasteiger charge is -2.29. The first kappa shape index (κ1) is 17.0. The highest BCUT2D eigenvalue weighted by Gasteiger charge is 2.20. The quantitative estimate of drug-likeness (QED) is 0.768. The van der Waals surface area contributed by atoms with Crippen molar-refractivity contribution in [3.8, 4) is 0 Å². The van der Waals surface area contributed by atoms with Gasteiger partial charge in [-0.1, -0.05) is 0 Å². The summed E-state index contributed by atoms with van der Waals surface area (Å²) in [6.45, 7) is 2.35. The minimum Gasteiger partial charge on any atom is -0.350 e. The van der Waals surface area contributed by atoms with Crippen molar-refractivity contribution in [2.45, 2.75) is 19.5 Å². The number of aromatic nitrogens is 5. The zero-order valence-electron chi connectivity index (χ0n) is 13.5. The highest BCUT2D eigenvalue weighted by atomic mass is 35.5. The highest BCUT2D eigenvalue weighted by molar-refractivity contribution is 5.85. The summed E-state index contributed by atoms with van der Waals surface area (Å²) in [5, 5.41) is 3.25. The third-order valence-corrected chi connectivity index (χ3v) is 4.07. The molecule has 25 heavy (non-hydrogen) atoms. The van der Waals surface area contributed by atoms with E-state index in [1.54, 1.807) is 30.9 Å². The van der Waals surface area contributed by atoms with Crippen LogP contribution in [0.4, 0.5) is 11.9 Å². The maximum Gasteiger partial charge on any atom is 0.225 e. The molecule has 4 heterocycles. The summed E-state index contributed by atoms with van der Waals surface area (Å²) in [5.41, 5.74) is 3.76. The van der Waals surface area contributed by atoms with Crippen LogP contribution in [0.1, 0.15) is 16.7 Å². The predicted octanol–water partition coefficient (Wildman–Crippen LogP) is 2.26. The van der Waals surface area contributed by atoms with Crippen LogP contribution in [-0.4, -0.2) is 31.5 Å². The lowest BCUT2D eigenvalue weighted by molar-refractivity contribution is 0.697. The Morgan fingerprint density at radius 1 is 0.960 bits per heavy atom. The zero-order valence-corrected chi connectivity index (χ0v) is 14.4. The second-order valence-corrected chi connectivity index (χ2v) is 5.58. The molecule has 1 aliphatic heterocycles. The number of nitrogens with one attached hydrogen (secondary N) is 1. The van der Waals surface area contributed by atoms with Crippen LogP contribution < -0.4 is 10.2 Å². The monoisotopic (exact) mass is 355 g/mol. The molecule has 4 rings (SSSR count). The first-order valence-electron chi connectivity index (χ1n) is 7.87. The topological polar surface area (TPSA) is 79.7 Å². The van der Waals surface area contributed by atoms with Crippen molar-refractivity contribution in [2.75, 3.05) is 16.8 Å². The summed E-state index contributed by atoms with van der Waals surface area (Å²) in [7, 11) is 0. The second-order valence-electron chi connectivity index (χ2n) is 5.58. The predicted molar refractivity (Wildman–Crippen MR) is 97.6 cm³/mol. The molecule has 0 amide bonds. The Bertz CT molecular complexity index is 799. The van der Waals surface area contributed by atoms with E-state index in [9.17, 15) is 0 Å². The first-order chi connectivity index (χ1) is 11.9. The van der Waals surface area contributed by atoms with Crippen molar-refractivity contribution in [2.24, 2.45) is 0 Å². The van der Waals surface area contributed by atoms with Crippen LogP contribution >= 0.6 is 12.4 Å². The molecule has 8 heteroatoms. The standard InChI is InChI=1S/C17H17N7.ClH/c1-4-19-16(20-5-1)23-11-13-9-18-10-14-12-24(8-3-15(13)14)17-21-6-2-7-22-17;/h1-2,4-7,9-10H,3,8,11-12H2,(H,19,20,23);1H. The summed E-state index contributed by atoms with van der Waals surface area (Å²) in [4.78, 5) is 23.6. The fraction of sp³-hybridized carbons (Fsp3) is 0.235. The smallest absolute Gasteiger partial charge is 0.225 e. The van der Waals surface area contributed by atoms with Crippen molar-refractivity contribution >= 4 is 24.3 Å². The van der Waals surface area contributed by atoms with Crippen molar-refractivity contribution in [3.05, 3.63) is 66.0 Å². The van der Waals surface area contributed by atoms with Gasteiger partial charge in [0.15, 0.2) is 0 Å². The van der Waals surface area contributed by atoms with E-state index in [-0.39, 0.29) is 12.4 Å². The number of rotatable bonds is 4. The van der Waals surface area contributed by atoms with Gasteiger partial charge in [0, 0.05) is 56.8 Å². The van der Waals surface area contributed by atoms with Crippen LogP contribution in [0.2, 0.25) is 0 Å². The van der Waals surface area contributed by atoms with Gasteiger partial charge in [-0.15, -0.1) is 12.4 Å². The van der Waals surface area contributed by atoms with Gasteiger partial charge in [0.05, 0.1) is 0 Å². The fourth-order valence-electron chi connectivity index (χ4n) is 2.91. The number of hydrogen-bond donors (Lipinski definition) is 1. The third-order valence-electron chi connectivity index (χ3n) is 4.07. The Morgan fingerprint density at radius 3 is 2.44 bits per heavy atom. The number of hydrogen-bond acceptors (Lipinski definition) is 7. The van der Waals surface area contributed by atoms with E-state index in [2.05, 4.69) is 35.1 Å². The molecule has 0 atom stereocenters. The summed E-state index contributed by atoms with van der Waals surface area (Å²) in [6, 6.07) is 3.63. The van der Waals surface area contributed by atoms with Crippen LogP contribution in [0.5, 0.6) is 0 Å². The SMILES string of the molecule is Cl.c1cnc(NCc2cncc3c2CCN(c2ncccn2)C3)nc1. The molecule has 0 saturated heterocycles. The largest absolute Gasteiger partial charge is 0.350 e. The van der Waals surface area contributed by atoms with Gasteiger partial charge in [0.25, 0.3) is 0 Å². The van der Waals surface area contributed by atoms with Crippen LogP contribution in [0.25, 0.3) is 0 Å². The van der Waals surface area contributed by atoms with Crippen molar-refractivity contribution < 1.29 is 0 Å². The van der Waals surface area contributed by atoms with E-state index in [1.807, 2.05) is 18.5 Å². The Balaban J connectivity index is 0.00000182. The summed E-state index contributed by atoms with van der Waals surface area (Å²) < 4.78 is 0. The van der Waals surface area contributed by atoms with Crippen LogP contribution in [0, 0.1) is 0 Å². The summed E-state index contributed by atoms with van der Waals surface area (Å²) in [5.74, 6) is 1.40. The van der Waals surface area contributed by atoms with E-state index in [4.69, 9.17) is 0 Å². The first-order valence-corrected chi connectivity index (χ1v) is 7.87. The normalized spacial score (nSPS) is 12.9. The molecular weight excluding hydrogens is 338 g/mol. The van der Waals surface area contributed by atoms with Gasteiger partial charge < -0.3 is 10.2 Å². The molecule has 0 fully saturated rings. The van der Waals surface area contributed by atoms with E-state index in [0.717, 1.165) is 25.5 Å².